The molecule has 29 heavy (non-hydrogen) atoms. The van der Waals surface area contributed by atoms with Crippen molar-refractivity contribution in [2.75, 3.05) is 26.7 Å². The molecule has 0 saturated carbocycles. The van der Waals surface area contributed by atoms with Crippen molar-refractivity contribution in [3.63, 3.8) is 0 Å². The molecule has 1 fully saturated rings. The minimum Gasteiger partial charge on any atom is -0.342 e. The smallest absolute Gasteiger partial charge is 0.222 e. The molecule has 6 heteroatoms. The van der Waals surface area contributed by atoms with Crippen molar-refractivity contribution < 1.29 is 9.18 Å². The van der Waals surface area contributed by atoms with E-state index >= 15 is 0 Å². The van der Waals surface area contributed by atoms with Crippen molar-refractivity contribution in [3.8, 4) is 0 Å². The van der Waals surface area contributed by atoms with Crippen LogP contribution in [0.3, 0.4) is 0 Å². The van der Waals surface area contributed by atoms with Gasteiger partial charge in [-0.15, -0.1) is 0 Å². The fourth-order valence-electron chi connectivity index (χ4n) is 4.34. The highest BCUT2D eigenvalue weighted by Crippen LogP contribution is 2.26. The third-order valence-electron chi connectivity index (χ3n) is 6.05. The van der Waals surface area contributed by atoms with Crippen molar-refractivity contribution in [2.24, 2.45) is 0 Å². The summed E-state index contributed by atoms with van der Waals surface area (Å²) in [5.74, 6) is 1.11. The number of carbonyl (C=O) groups is 1. The number of hydrogen-bond donors (Lipinski definition) is 0. The Morgan fingerprint density at radius 3 is 2.90 bits per heavy atom. The Bertz CT molecular complexity index is 854. The van der Waals surface area contributed by atoms with Crippen LogP contribution >= 0.6 is 0 Å². The standard InChI is InChI=1S/C23H29FN4O/c1-27-13-11-21-19(15-27)14-25-23(26-21)18-5-3-12-28(16-18)22(29)6-2-4-17-7-9-20(24)10-8-17/h7-10,14,18H,2-6,11-13,15-16H2,1H3/t18-/m0/s1. The van der Waals surface area contributed by atoms with Crippen LogP contribution in [0.4, 0.5) is 4.39 Å². The third kappa shape index (κ3) is 4.99. The monoisotopic (exact) mass is 396 g/mol. The van der Waals surface area contributed by atoms with Crippen LogP contribution in [0.5, 0.6) is 0 Å². The molecule has 0 N–H and O–H groups in total. The van der Waals surface area contributed by atoms with Crippen molar-refractivity contribution in [1.82, 2.24) is 19.8 Å². The van der Waals surface area contributed by atoms with Crippen LogP contribution in [-0.2, 0) is 24.2 Å². The Kier molecular flexibility index (Phi) is 6.19. The van der Waals surface area contributed by atoms with E-state index in [2.05, 4.69) is 16.9 Å². The molecule has 1 saturated heterocycles. The molecule has 3 heterocycles. The first-order valence-corrected chi connectivity index (χ1v) is 10.6. The molecule has 0 radical (unpaired) electrons. The van der Waals surface area contributed by atoms with Crippen LogP contribution in [0.1, 0.15) is 54.2 Å². The zero-order chi connectivity index (χ0) is 20.2. The Labute approximate surface area is 172 Å². The number of halogens is 1. The number of carbonyl (C=O) groups excluding carboxylic acids is 1. The van der Waals surface area contributed by atoms with Gasteiger partial charge in [-0.05, 0) is 50.4 Å². The number of nitrogens with zero attached hydrogens (tertiary/aromatic N) is 4. The zero-order valence-corrected chi connectivity index (χ0v) is 17.1. The van der Waals surface area contributed by atoms with Crippen LogP contribution in [0.15, 0.2) is 30.5 Å². The largest absolute Gasteiger partial charge is 0.342 e. The van der Waals surface area contributed by atoms with E-state index < -0.39 is 0 Å². The van der Waals surface area contributed by atoms with E-state index in [1.165, 1.54) is 23.4 Å². The summed E-state index contributed by atoms with van der Waals surface area (Å²) < 4.78 is 13.0. The molecule has 0 aliphatic carbocycles. The topological polar surface area (TPSA) is 49.3 Å². The highest BCUT2D eigenvalue weighted by molar-refractivity contribution is 5.76. The van der Waals surface area contributed by atoms with Gasteiger partial charge in [0.05, 0.1) is 0 Å². The summed E-state index contributed by atoms with van der Waals surface area (Å²) in [5, 5.41) is 0. The number of amides is 1. The summed E-state index contributed by atoms with van der Waals surface area (Å²) in [7, 11) is 2.12. The Morgan fingerprint density at radius 2 is 2.07 bits per heavy atom. The average Bonchev–Trinajstić information content (AvgIpc) is 2.75. The van der Waals surface area contributed by atoms with E-state index in [1.54, 1.807) is 12.1 Å². The molecule has 4 rings (SSSR count). The first-order chi connectivity index (χ1) is 14.1. The molecule has 2 aliphatic rings. The zero-order valence-electron chi connectivity index (χ0n) is 17.1. The maximum atomic E-state index is 13.0. The summed E-state index contributed by atoms with van der Waals surface area (Å²) >= 11 is 0. The predicted molar refractivity (Wildman–Crippen MR) is 110 cm³/mol. The molecular formula is C23H29FN4O. The second kappa shape index (κ2) is 8.99. The lowest BCUT2D eigenvalue weighted by Gasteiger charge is -2.33. The summed E-state index contributed by atoms with van der Waals surface area (Å²) in [4.78, 5) is 26.5. The molecule has 154 valence electrons. The van der Waals surface area contributed by atoms with E-state index in [-0.39, 0.29) is 17.6 Å². The Balaban J connectivity index is 1.32. The quantitative estimate of drug-likeness (QED) is 0.778. The Hall–Kier alpha value is -2.34. The molecule has 0 bridgehead atoms. The Morgan fingerprint density at radius 1 is 1.24 bits per heavy atom. The number of rotatable bonds is 5. The van der Waals surface area contributed by atoms with E-state index in [9.17, 15) is 9.18 Å². The third-order valence-corrected chi connectivity index (χ3v) is 6.05. The number of likely N-dealkylation sites (tertiary alicyclic amines) is 1. The van der Waals surface area contributed by atoms with Crippen molar-refractivity contribution >= 4 is 5.91 Å². The second-order valence-electron chi connectivity index (χ2n) is 8.35. The minimum atomic E-state index is -0.222. The second-order valence-corrected chi connectivity index (χ2v) is 8.35. The number of aromatic nitrogens is 2. The van der Waals surface area contributed by atoms with Gasteiger partial charge in [0, 0.05) is 62.4 Å². The highest BCUT2D eigenvalue weighted by atomic mass is 19.1. The highest BCUT2D eigenvalue weighted by Gasteiger charge is 2.27. The first kappa shape index (κ1) is 20.0. The molecule has 1 amide bonds. The first-order valence-electron chi connectivity index (χ1n) is 10.6. The molecule has 0 unspecified atom stereocenters. The molecule has 0 spiro atoms. The number of piperidine rings is 1. The average molecular weight is 397 g/mol. The van der Waals surface area contributed by atoms with Gasteiger partial charge in [-0.1, -0.05) is 12.1 Å². The number of aryl methyl sites for hydroxylation is 1. The minimum absolute atomic E-state index is 0.205. The maximum absolute atomic E-state index is 13.0. The lowest BCUT2D eigenvalue weighted by molar-refractivity contribution is -0.132. The van der Waals surface area contributed by atoms with Gasteiger partial charge in [0.25, 0.3) is 0 Å². The van der Waals surface area contributed by atoms with Gasteiger partial charge >= 0.3 is 0 Å². The van der Waals surface area contributed by atoms with Gasteiger partial charge in [-0.2, -0.15) is 0 Å². The van der Waals surface area contributed by atoms with E-state index in [0.717, 1.165) is 63.1 Å². The molecule has 2 aliphatic heterocycles. The van der Waals surface area contributed by atoms with Crippen molar-refractivity contribution in [2.45, 2.75) is 51.0 Å². The van der Waals surface area contributed by atoms with Crippen LogP contribution in [0, 0.1) is 5.82 Å². The van der Waals surface area contributed by atoms with E-state index in [4.69, 9.17) is 4.98 Å². The van der Waals surface area contributed by atoms with Crippen LogP contribution in [-0.4, -0.2) is 52.4 Å². The van der Waals surface area contributed by atoms with Gasteiger partial charge in [-0.3, -0.25) is 4.79 Å². The molecule has 1 aromatic heterocycles. The number of likely N-dealkylation sites (N-methyl/N-ethyl adjacent to an activating group) is 1. The number of benzene rings is 1. The fraction of sp³-hybridized carbons (Fsp3) is 0.522. The maximum Gasteiger partial charge on any atom is 0.222 e. The number of fused-ring (bicyclic) bond motifs is 1. The predicted octanol–water partition coefficient (Wildman–Crippen LogP) is 3.33. The van der Waals surface area contributed by atoms with Crippen molar-refractivity contribution in [3.05, 3.63) is 58.9 Å². The summed E-state index contributed by atoms with van der Waals surface area (Å²) in [6.07, 6.45) is 7.11. The van der Waals surface area contributed by atoms with Gasteiger partial charge in [0.15, 0.2) is 0 Å². The lowest BCUT2D eigenvalue weighted by atomic mass is 9.96. The van der Waals surface area contributed by atoms with E-state index in [1.807, 2.05) is 11.1 Å². The lowest BCUT2D eigenvalue weighted by Crippen LogP contribution is -2.39. The van der Waals surface area contributed by atoms with Crippen LogP contribution < -0.4 is 0 Å². The van der Waals surface area contributed by atoms with Crippen molar-refractivity contribution in [1.29, 1.82) is 0 Å². The molecule has 2 aromatic rings. The van der Waals surface area contributed by atoms with Crippen LogP contribution in [0.2, 0.25) is 0 Å². The van der Waals surface area contributed by atoms with Gasteiger partial charge < -0.3 is 9.80 Å². The van der Waals surface area contributed by atoms with Crippen LogP contribution in [0.25, 0.3) is 0 Å². The molecular weight excluding hydrogens is 367 g/mol. The summed E-state index contributed by atoms with van der Waals surface area (Å²) in [5.41, 5.74) is 3.48. The number of hydrogen-bond acceptors (Lipinski definition) is 4. The van der Waals surface area contributed by atoms with Gasteiger partial charge in [-0.25, -0.2) is 14.4 Å². The molecule has 1 atom stereocenters. The summed E-state index contributed by atoms with van der Waals surface area (Å²) in [6.45, 7) is 3.49. The summed E-state index contributed by atoms with van der Waals surface area (Å²) in [6, 6.07) is 6.54. The van der Waals surface area contributed by atoms with Gasteiger partial charge in [0.1, 0.15) is 11.6 Å². The fourth-order valence-corrected chi connectivity index (χ4v) is 4.34. The molecule has 1 aromatic carbocycles. The van der Waals surface area contributed by atoms with Gasteiger partial charge in [0.2, 0.25) is 5.91 Å². The van der Waals surface area contributed by atoms with E-state index in [0.29, 0.717) is 13.0 Å². The molecule has 5 nitrogen and oxygen atoms in total. The SMILES string of the molecule is CN1CCc2nc([C@H]3CCCN(C(=O)CCCc4ccc(F)cc4)C3)ncc2C1. The normalized spacial score (nSPS) is 19.8.